The maximum absolute atomic E-state index is 14.0. The second-order valence-corrected chi connectivity index (χ2v) is 7.70. The van der Waals surface area contributed by atoms with Crippen LogP contribution in [0.2, 0.25) is 0 Å². The number of allylic oxidation sites excluding steroid dienone is 1. The molecule has 0 aliphatic heterocycles. The topological polar surface area (TPSA) is 9.23 Å². The van der Waals surface area contributed by atoms with E-state index < -0.39 is 0 Å². The molecule has 24 heavy (non-hydrogen) atoms. The van der Waals surface area contributed by atoms with Crippen LogP contribution in [0, 0.1) is 23.1 Å². The van der Waals surface area contributed by atoms with Crippen LogP contribution in [0.25, 0.3) is 0 Å². The normalized spacial score (nSPS) is 33.7. The van der Waals surface area contributed by atoms with E-state index in [9.17, 15) is 4.39 Å². The number of rotatable bonds is 1. The van der Waals surface area contributed by atoms with Crippen LogP contribution in [0.3, 0.4) is 0 Å². The maximum atomic E-state index is 14.0. The van der Waals surface area contributed by atoms with E-state index in [1.165, 1.54) is 48.8 Å². The van der Waals surface area contributed by atoms with Gasteiger partial charge in [-0.05, 0) is 85.0 Å². The van der Waals surface area contributed by atoms with E-state index >= 15 is 0 Å². The van der Waals surface area contributed by atoms with Crippen LogP contribution >= 0.6 is 0 Å². The van der Waals surface area contributed by atoms with Crippen LogP contribution in [-0.4, -0.2) is 7.11 Å². The van der Waals surface area contributed by atoms with Gasteiger partial charge in [-0.15, -0.1) is 0 Å². The predicted octanol–water partition coefficient (Wildman–Crippen LogP) is 6.27. The second-order valence-electron chi connectivity index (χ2n) is 7.70. The van der Waals surface area contributed by atoms with Crippen molar-refractivity contribution in [2.75, 3.05) is 7.11 Å². The summed E-state index contributed by atoms with van der Waals surface area (Å²) in [6.07, 6.45) is 7.15. The zero-order valence-corrected chi connectivity index (χ0v) is 15.6. The van der Waals surface area contributed by atoms with Gasteiger partial charge in [0.05, 0.1) is 7.11 Å². The molecule has 0 aromatic heterocycles. The first-order valence-corrected chi connectivity index (χ1v) is 9.59. The second kappa shape index (κ2) is 6.54. The molecule has 0 heterocycles. The van der Waals surface area contributed by atoms with E-state index in [0.717, 1.165) is 18.3 Å². The van der Waals surface area contributed by atoms with E-state index in [2.05, 4.69) is 13.5 Å². The molecule has 0 bridgehead atoms. The molecule has 1 aromatic carbocycles. The Kier molecular flexibility index (Phi) is 4.77. The third-order valence-electron chi connectivity index (χ3n) is 6.95. The molecule has 3 aliphatic rings. The van der Waals surface area contributed by atoms with Crippen molar-refractivity contribution < 1.29 is 9.13 Å². The summed E-state index contributed by atoms with van der Waals surface area (Å²) < 4.78 is 19.2. The molecule has 0 radical (unpaired) electrons. The molecular formula is C22H31FO. The van der Waals surface area contributed by atoms with Gasteiger partial charge in [-0.25, -0.2) is 4.39 Å². The van der Waals surface area contributed by atoms with Crippen molar-refractivity contribution in [2.45, 2.75) is 65.2 Å². The Morgan fingerprint density at radius 2 is 1.92 bits per heavy atom. The molecular weight excluding hydrogens is 299 g/mol. The third kappa shape index (κ3) is 2.50. The van der Waals surface area contributed by atoms with Crippen molar-refractivity contribution in [1.29, 1.82) is 0 Å². The summed E-state index contributed by atoms with van der Waals surface area (Å²) in [5, 5.41) is 0. The van der Waals surface area contributed by atoms with Gasteiger partial charge in [0.15, 0.2) is 11.6 Å². The molecule has 4 rings (SSSR count). The predicted molar refractivity (Wildman–Crippen MR) is 98.1 cm³/mol. The van der Waals surface area contributed by atoms with E-state index in [1.54, 1.807) is 13.2 Å². The molecule has 0 spiro atoms. The van der Waals surface area contributed by atoms with Crippen molar-refractivity contribution in [3.8, 4) is 5.75 Å². The maximum Gasteiger partial charge on any atom is 0.165 e. The Hall–Kier alpha value is -1.31. The molecule has 1 aromatic rings. The smallest absolute Gasteiger partial charge is 0.165 e. The highest BCUT2D eigenvalue weighted by Crippen LogP contribution is 2.62. The lowest BCUT2D eigenvalue weighted by molar-refractivity contribution is 0.0814. The van der Waals surface area contributed by atoms with Gasteiger partial charge in [0.1, 0.15) is 0 Å². The highest BCUT2D eigenvalue weighted by molar-refractivity contribution is 5.42. The number of ether oxygens (including phenoxy) is 1. The van der Waals surface area contributed by atoms with Crippen molar-refractivity contribution in [3.63, 3.8) is 0 Å². The summed E-state index contributed by atoms with van der Waals surface area (Å²) in [6, 6.07) is 3.69. The van der Waals surface area contributed by atoms with Crippen LogP contribution in [-0.2, 0) is 6.42 Å². The van der Waals surface area contributed by atoms with Gasteiger partial charge < -0.3 is 4.74 Å². The summed E-state index contributed by atoms with van der Waals surface area (Å²) in [6.45, 7) is 10.8. The minimum absolute atomic E-state index is 0.213. The minimum Gasteiger partial charge on any atom is -0.494 e. The highest BCUT2D eigenvalue weighted by Gasteiger charge is 2.51. The van der Waals surface area contributed by atoms with Gasteiger partial charge in [0, 0.05) is 0 Å². The van der Waals surface area contributed by atoms with Crippen LogP contribution in [0.1, 0.15) is 69.9 Å². The summed E-state index contributed by atoms with van der Waals surface area (Å²) in [4.78, 5) is 0. The van der Waals surface area contributed by atoms with Gasteiger partial charge in [0.25, 0.3) is 0 Å². The molecule has 2 heteroatoms. The average molecular weight is 330 g/mol. The van der Waals surface area contributed by atoms with Crippen LogP contribution in [0.4, 0.5) is 4.39 Å². The lowest BCUT2D eigenvalue weighted by atomic mass is 9.55. The molecule has 3 unspecified atom stereocenters. The van der Waals surface area contributed by atoms with Crippen LogP contribution < -0.4 is 4.74 Å². The Labute approximate surface area is 146 Å². The Morgan fingerprint density at radius 3 is 2.62 bits per heavy atom. The molecule has 1 nitrogen and oxygen atoms in total. The number of fused-ring (bicyclic) bond motifs is 5. The Morgan fingerprint density at radius 1 is 1.17 bits per heavy atom. The minimum atomic E-state index is -0.213. The van der Waals surface area contributed by atoms with Gasteiger partial charge in [-0.1, -0.05) is 32.9 Å². The standard InChI is InChI=1S/C20H25FO.C2H6/c1-12-4-7-17-15-6-5-13-10-18(21)19(22-3)11-16(13)14(15)8-9-20(12,17)2;1-2/h10-11,14-15,17H,1,4-9H2,2-3H3;1-2H3/t14?,15?,17?,20-;/m1./s1. The lowest BCUT2D eigenvalue weighted by Crippen LogP contribution is -2.40. The van der Waals surface area contributed by atoms with Gasteiger partial charge in [0.2, 0.25) is 0 Å². The Balaban J connectivity index is 0.000000815. The van der Waals surface area contributed by atoms with E-state index in [4.69, 9.17) is 4.74 Å². The molecule has 0 amide bonds. The molecule has 0 saturated heterocycles. The number of halogens is 1. The van der Waals surface area contributed by atoms with Crippen molar-refractivity contribution in [1.82, 2.24) is 0 Å². The fourth-order valence-electron chi connectivity index (χ4n) is 5.63. The number of aryl methyl sites for hydroxylation is 1. The molecule has 2 fully saturated rings. The molecule has 2 saturated carbocycles. The first kappa shape index (κ1) is 17.5. The SMILES string of the molecule is C=C1CCC2C3CCc4cc(F)c(OC)cc4C3CC[C@]12C.CC. The van der Waals surface area contributed by atoms with Crippen molar-refractivity contribution in [2.24, 2.45) is 17.3 Å². The van der Waals surface area contributed by atoms with Gasteiger partial charge in [-0.3, -0.25) is 0 Å². The summed E-state index contributed by atoms with van der Waals surface area (Å²) in [5.74, 6) is 2.28. The average Bonchev–Trinajstić information content (AvgIpc) is 2.91. The highest BCUT2D eigenvalue weighted by atomic mass is 19.1. The summed E-state index contributed by atoms with van der Waals surface area (Å²) >= 11 is 0. The number of hydrogen-bond donors (Lipinski definition) is 0. The van der Waals surface area contributed by atoms with Crippen LogP contribution in [0.15, 0.2) is 24.3 Å². The fraction of sp³-hybridized carbons (Fsp3) is 0.636. The molecule has 0 N–H and O–H groups in total. The largest absolute Gasteiger partial charge is 0.494 e. The molecule has 3 aliphatic carbocycles. The summed E-state index contributed by atoms with van der Waals surface area (Å²) in [7, 11) is 1.56. The molecule has 132 valence electrons. The number of hydrogen-bond acceptors (Lipinski definition) is 1. The zero-order chi connectivity index (χ0) is 17.5. The van der Waals surface area contributed by atoms with E-state index in [0.29, 0.717) is 17.1 Å². The molecule has 4 atom stereocenters. The fourth-order valence-corrected chi connectivity index (χ4v) is 5.63. The number of methoxy groups -OCH3 is 1. The lowest BCUT2D eigenvalue weighted by Gasteiger charge is -2.49. The zero-order valence-electron chi connectivity index (χ0n) is 15.6. The third-order valence-corrected chi connectivity index (χ3v) is 6.95. The first-order valence-electron chi connectivity index (χ1n) is 9.59. The van der Waals surface area contributed by atoms with Crippen molar-refractivity contribution in [3.05, 3.63) is 41.2 Å². The van der Waals surface area contributed by atoms with E-state index in [-0.39, 0.29) is 5.82 Å². The van der Waals surface area contributed by atoms with Crippen molar-refractivity contribution >= 4 is 0 Å². The monoisotopic (exact) mass is 330 g/mol. The summed E-state index contributed by atoms with van der Waals surface area (Å²) in [5.41, 5.74) is 4.38. The quantitative estimate of drug-likeness (QED) is 0.551. The van der Waals surface area contributed by atoms with Gasteiger partial charge in [-0.2, -0.15) is 0 Å². The van der Waals surface area contributed by atoms with E-state index in [1.807, 2.05) is 19.9 Å². The Bertz CT molecular complexity index is 635. The number of benzene rings is 1. The van der Waals surface area contributed by atoms with Gasteiger partial charge >= 0.3 is 0 Å². The van der Waals surface area contributed by atoms with Crippen LogP contribution in [0.5, 0.6) is 5.75 Å². The first-order chi connectivity index (χ1) is 11.5.